The molecule has 0 fully saturated rings. The average molecular weight is 474 g/mol. The Hall–Kier alpha value is -3.30. The summed E-state index contributed by atoms with van der Waals surface area (Å²) in [4.78, 5) is 21.1. The van der Waals surface area contributed by atoms with Crippen molar-refractivity contribution in [1.82, 2.24) is 24.4 Å². The highest BCUT2D eigenvalue weighted by Gasteiger charge is 2.18. The van der Waals surface area contributed by atoms with Crippen LogP contribution in [0.2, 0.25) is 0 Å². The van der Waals surface area contributed by atoms with Crippen LogP contribution in [-0.4, -0.2) is 25.6 Å². The molecule has 5 heterocycles. The van der Waals surface area contributed by atoms with Gasteiger partial charge in [-0.2, -0.15) is 0 Å². The molecule has 0 saturated carbocycles. The third-order valence-corrected chi connectivity index (χ3v) is 5.72. The van der Waals surface area contributed by atoms with E-state index >= 15 is 0 Å². The lowest BCUT2D eigenvalue weighted by atomic mass is 10.1. The summed E-state index contributed by atoms with van der Waals surface area (Å²) in [7, 11) is 2.01. The zero-order valence-corrected chi connectivity index (χ0v) is 18.7. The fraction of sp³-hybridized carbons (Fsp3) is 0.261. The molecule has 4 aromatic heterocycles. The number of aryl methyl sites for hydroxylation is 1. The lowest BCUT2D eigenvalue weighted by molar-refractivity contribution is 0.292. The van der Waals surface area contributed by atoms with Crippen molar-refractivity contribution in [2.24, 2.45) is 7.05 Å². The molecule has 0 spiro atoms. The van der Waals surface area contributed by atoms with Gasteiger partial charge in [0.1, 0.15) is 35.3 Å². The van der Waals surface area contributed by atoms with Crippen LogP contribution < -0.4 is 15.6 Å². The van der Waals surface area contributed by atoms with Crippen molar-refractivity contribution in [3.05, 3.63) is 81.7 Å². The third-order valence-electron chi connectivity index (χ3n) is 5.72. The van der Waals surface area contributed by atoms with Crippen molar-refractivity contribution in [3.8, 4) is 11.6 Å². The number of ether oxygens (including phenoxy) is 1. The van der Waals surface area contributed by atoms with Crippen LogP contribution in [0, 0.1) is 11.6 Å². The van der Waals surface area contributed by atoms with E-state index in [1.165, 1.54) is 21.9 Å². The zero-order chi connectivity index (χ0) is 22.2. The van der Waals surface area contributed by atoms with E-state index in [0.717, 1.165) is 49.2 Å². The Morgan fingerprint density at radius 3 is 2.85 bits per heavy atom. The molecule has 1 aliphatic heterocycles. The topological polar surface area (TPSA) is 74.0 Å². The van der Waals surface area contributed by atoms with Gasteiger partial charge in [-0.3, -0.25) is 14.3 Å². The molecule has 0 atom stereocenters. The first-order chi connectivity index (χ1) is 15.5. The summed E-state index contributed by atoms with van der Waals surface area (Å²) in [6.45, 7) is 1.58. The van der Waals surface area contributed by atoms with Gasteiger partial charge in [0.2, 0.25) is 0 Å². The van der Waals surface area contributed by atoms with Crippen molar-refractivity contribution in [2.45, 2.75) is 26.0 Å². The monoisotopic (exact) mass is 473 g/mol. The van der Waals surface area contributed by atoms with E-state index in [9.17, 15) is 13.6 Å². The molecule has 1 aliphatic rings. The fourth-order valence-electron chi connectivity index (χ4n) is 4.10. The number of nitrogens with one attached hydrogen (secondary N) is 1. The SMILES string of the molecule is Cl.Cn1c2c(c3ccc(-n4ccc(OCc5ncc(F)cc5F)cc4=O)nc31)CNCCC2. The van der Waals surface area contributed by atoms with Gasteiger partial charge < -0.3 is 14.6 Å². The summed E-state index contributed by atoms with van der Waals surface area (Å²) in [5.74, 6) is -0.797. The van der Waals surface area contributed by atoms with Gasteiger partial charge in [-0.1, -0.05) is 0 Å². The number of hydrogen-bond acceptors (Lipinski definition) is 5. The molecule has 0 amide bonds. The maximum atomic E-state index is 13.7. The minimum atomic E-state index is -0.799. The predicted octanol–water partition coefficient (Wildman–Crippen LogP) is 3.43. The first kappa shape index (κ1) is 22.9. The van der Waals surface area contributed by atoms with Crippen LogP contribution in [0.5, 0.6) is 5.75 Å². The van der Waals surface area contributed by atoms with Crippen molar-refractivity contribution >= 4 is 23.4 Å². The van der Waals surface area contributed by atoms with Crippen LogP contribution in [0.3, 0.4) is 0 Å². The highest BCUT2D eigenvalue weighted by molar-refractivity contribution is 5.85. The summed E-state index contributed by atoms with van der Waals surface area (Å²) < 4.78 is 35.7. The predicted molar refractivity (Wildman–Crippen MR) is 122 cm³/mol. The number of hydrogen-bond donors (Lipinski definition) is 1. The van der Waals surface area contributed by atoms with E-state index in [0.29, 0.717) is 5.82 Å². The molecule has 0 radical (unpaired) electrons. The van der Waals surface area contributed by atoms with Gasteiger partial charge in [-0.25, -0.2) is 13.8 Å². The van der Waals surface area contributed by atoms with E-state index in [4.69, 9.17) is 9.72 Å². The number of pyridine rings is 3. The quantitative estimate of drug-likeness (QED) is 0.491. The number of nitrogens with zero attached hydrogens (tertiary/aromatic N) is 4. The minimum Gasteiger partial charge on any atom is -0.487 e. The molecule has 33 heavy (non-hydrogen) atoms. The Kier molecular flexibility index (Phi) is 6.44. The molecule has 4 aromatic rings. The largest absolute Gasteiger partial charge is 0.487 e. The van der Waals surface area contributed by atoms with E-state index in [2.05, 4.69) is 14.9 Å². The standard InChI is InChI=1S/C23H21F2N5O2.ClH/c1-29-20-3-2-7-26-12-17(20)16-4-5-21(28-23(16)29)30-8-6-15(10-22(30)31)32-13-19-18(25)9-14(24)11-27-19;/h4-6,8-11,26H,2-3,7,12-13H2,1H3;1H. The highest BCUT2D eigenvalue weighted by atomic mass is 35.5. The second kappa shape index (κ2) is 9.29. The molecule has 1 N–H and O–H groups in total. The zero-order valence-electron chi connectivity index (χ0n) is 17.8. The Bertz CT molecular complexity index is 1390. The maximum Gasteiger partial charge on any atom is 0.259 e. The Morgan fingerprint density at radius 1 is 1.21 bits per heavy atom. The molecular formula is C23H22ClF2N5O2. The highest BCUT2D eigenvalue weighted by Crippen LogP contribution is 2.27. The van der Waals surface area contributed by atoms with Gasteiger partial charge in [0.15, 0.2) is 5.82 Å². The molecule has 0 bridgehead atoms. The van der Waals surface area contributed by atoms with E-state index in [1.807, 2.05) is 19.2 Å². The van der Waals surface area contributed by atoms with Crippen LogP contribution >= 0.6 is 12.4 Å². The van der Waals surface area contributed by atoms with Crippen molar-refractivity contribution < 1.29 is 13.5 Å². The van der Waals surface area contributed by atoms with E-state index < -0.39 is 11.6 Å². The lowest BCUT2D eigenvalue weighted by Crippen LogP contribution is -2.18. The van der Waals surface area contributed by atoms with Crippen LogP contribution in [0.4, 0.5) is 8.78 Å². The summed E-state index contributed by atoms with van der Waals surface area (Å²) in [5.41, 5.74) is 2.99. The molecule has 10 heteroatoms. The minimum absolute atomic E-state index is 0. The van der Waals surface area contributed by atoms with Crippen LogP contribution in [0.1, 0.15) is 23.4 Å². The smallest absolute Gasteiger partial charge is 0.259 e. The lowest BCUT2D eigenvalue weighted by Gasteiger charge is -2.09. The number of halogens is 3. The molecule has 0 unspecified atom stereocenters. The van der Waals surface area contributed by atoms with Gasteiger partial charge in [0.05, 0.1) is 6.20 Å². The van der Waals surface area contributed by atoms with Crippen LogP contribution in [-0.2, 0) is 26.6 Å². The van der Waals surface area contributed by atoms with Gasteiger partial charge in [-0.15, -0.1) is 12.4 Å². The van der Waals surface area contributed by atoms with Crippen molar-refractivity contribution in [1.29, 1.82) is 0 Å². The Morgan fingerprint density at radius 2 is 2.06 bits per heavy atom. The van der Waals surface area contributed by atoms with Gasteiger partial charge in [0.25, 0.3) is 5.56 Å². The Balaban J connectivity index is 0.00000259. The summed E-state index contributed by atoms with van der Waals surface area (Å²) in [6.07, 6.45) is 4.54. The summed E-state index contributed by atoms with van der Waals surface area (Å²) in [6, 6.07) is 7.47. The molecule has 172 valence electrons. The number of aromatic nitrogens is 4. The summed E-state index contributed by atoms with van der Waals surface area (Å²) in [5, 5.41) is 4.53. The van der Waals surface area contributed by atoms with Gasteiger partial charge >= 0.3 is 0 Å². The first-order valence-electron chi connectivity index (χ1n) is 10.3. The van der Waals surface area contributed by atoms with Crippen molar-refractivity contribution in [3.63, 3.8) is 0 Å². The average Bonchev–Trinajstić information content (AvgIpc) is 2.93. The fourth-order valence-corrected chi connectivity index (χ4v) is 4.10. The van der Waals surface area contributed by atoms with Crippen LogP contribution in [0.15, 0.2) is 47.5 Å². The normalized spacial score (nSPS) is 13.3. The molecule has 0 aromatic carbocycles. The number of rotatable bonds is 4. The third kappa shape index (κ3) is 4.34. The molecule has 5 rings (SSSR count). The van der Waals surface area contributed by atoms with Gasteiger partial charge in [0, 0.05) is 43.0 Å². The molecule has 0 saturated heterocycles. The van der Waals surface area contributed by atoms with Crippen molar-refractivity contribution in [2.75, 3.05) is 6.54 Å². The van der Waals surface area contributed by atoms with Gasteiger partial charge in [-0.05, 0) is 43.1 Å². The Labute approximate surface area is 194 Å². The molecule has 7 nitrogen and oxygen atoms in total. The summed E-state index contributed by atoms with van der Waals surface area (Å²) >= 11 is 0. The van der Waals surface area contributed by atoms with E-state index in [1.54, 1.807) is 12.3 Å². The van der Waals surface area contributed by atoms with E-state index in [-0.39, 0.29) is 36.0 Å². The molecule has 0 aliphatic carbocycles. The maximum absolute atomic E-state index is 13.7. The molecular weight excluding hydrogens is 452 g/mol. The van der Waals surface area contributed by atoms with Crippen LogP contribution in [0.25, 0.3) is 16.9 Å². The second-order valence-electron chi connectivity index (χ2n) is 7.75. The first-order valence-corrected chi connectivity index (χ1v) is 10.3. The number of fused-ring (bicyclic) bond motifs is 3. The second-order valence-corrected chi connectivity index (χ2v) is 7.75.